The minimum Gasteiger partial charge on any atom is -0.299 e. The van der Waals surface area contributed by atoms with Gasteiger partial charge in [0.25, 0.3) is 0 Å². The second-order valence-electron chi connectivity index (χ2n) is 5.51. The van der Waals surface area contributed by atoms with Crippen LogP contribution in [0.2, 0.25) is 10.0 Å². The molecule has 0 radical (unpaired) electrons. The summed E-state index contributed by atoms with van der Waals surface area (Å²) < 4.78 is 0. The Morgan fingerprint density at radius 1 is 1.32 bits per heavy atom. The summed E-state index contributed by atoms with van der Waals surface area (Å²) in [5, 5.41) is 1.18. The SMILES string of the molecule is CCCC1CCC(=O)C(Cc2cccc(Cl)c2Cl)C1. The molecular weight excluding hydrogens is 279 g/mol. The van der Waals surface area contributed by atoms with E-state index in [1.54, 1.807) is 6.07 Å². The lowest BCUT2D eigenvalue weighted by atomic mass is 9.76. The lowest BCUT2D eigenvalue weighted by Crippen LogP contribution is -2.26. The Kier molecular flexibility index (Phi) is 5.29. The molecule has 0 bridgehead atoms. The molecule has 0 aliphatic heterocycles. The third kappa shape index (κ3) is 3.73. The lowest BCUT2D eigenvalue weighted by Gasteiger charge is -2.28. The van der Waals surface area contributed by atoms with Crippen LogP contribution in [0.15, 0.2) is 18.2 Å². The normalized spacial score (nSPS) is 23.6. The average molecular weight is 299 g/mol. The summed E-state index contributed by atoms with van der Waals surface area (Å²) in [6, 6.07) is 5.67. The molecule has 0 saturated heterocycles. The van der Waals surface area contributed by atoms with Crippen molar-refractivity contribution in [1.82, 2.24) is 0 Å². The van der Waals surface area contributed by atoms with Crippen LogP contribution in [0.3, 0.4) is 0 Å². The van der Waals surface area contributed by atoms with Crippen molar-refractivity contribution in [3.63, 3.8) is 0 Å². The second-order valence-corrected chi connectivity index (χ2v) is 6.29. The van der Waals surface area contributed by atoms with Gasteiger partial charge in [0.1, 0.15) is 5.78 Å². The van der Waals surface area contributed by atoms with E-state index < -0.39 is 0 Å². The zero-order chi connectivity index (χ0) is 13.8. The van der Waals surface area contributed by atoms with Crippen LogP contribution in [0.1, 0.15) is 44.6 Å². The first-order valence-electron chi connectivity index (χ1n) is 7.07. The van der Waals surface area contributed by atoms with Crippen molar-refractivity contribution < 1.29 is 4.79 Å². The van der Waals surface area contributed by atoms with E-state index in [1.165, 1.54) is 12.8 Å². The van der Waals surface area contributed by atoms with Gasteiger partial charge in [0, 0.05) is 12.3 Å². The number of hydrogen-bond acceptors (Lipinski definition) is 1. The van der Waals surface area contributed by atoms with E-state index in [0.717, 1.165) is 31.2 Å². The monoisotopic (exact) mass is 298 g/mol. The molecule has 1 nitrogen and oxygen atoms in total. The molecule has 1 aromatic carbocycles. The standard InChI is InChI=1S/C16H20Cl2O/c1-2-4-11-7-8-15(19)13(9-11)10-12-5-3-6-14(17)16(12)18/h3,5-6,11,13H,2,4,7-10H2,1H3. The predicted molar refractivity (Wildman–Crippen MR) is 80.9 cm³/mol. The van der Waals surface area contributed by atoms with Gasteiger partial charge < -0.3 is 0 Å². The number of hydrogen-bond donors (Lipinski definition) is 0. The summed E-state index contributed by atoms with van der Waals surface area (Å²) >= 11 is 12.2. The van der Waals surface area contributed by atoms with Gasteiger partial charge in [0.2, 0.25) is 0 Å². The van der Waals surface area contributed by atoms with Crippen LogP contribution in [0.25, 0.3) is 0 Å². The van der Waals surface area contributed by atoms with Gasteiger partial charge in [-0.15, -0.1) is 0 Å². The Morgan fingerprint density at radius 2 is 2.11 bits per heavy atom. The van der Waals surface area contributed by atoms with Crippen LogP contribution in [0, 0.1) is 11.8 Å². The van der Waals surface area contributed by atoms with Gasteiger partial charge >= 0.3 is 0 Å². The number of halogens is 2. The van der Waals surface area contributed by atoms with E-state index in [4.69, 9.17) is 23.2 Å². The highest BCUT2D eigenvalue weighted by atomic mass is 35.5. The summed E-state index contributed by atoms with van der Waals surface area (Å²) in [5.41, 5.74) is 1.00. The fraction of sp³-hybridized carbons (Fsp3) is 0.562. The molecule has 1 saturated carbocycles. The maximum Gasteiger partial charge on any atom is 0.136 e. The van der Waals surface area contributed by atoms with E-state index in [1.807, 2.05) is 12.1 Å². The number of benzene rings is 1. The highest BCUT2D eigenvalue weighted by molar-refractivity contribution is 6.42. The molecule has 3 heteroatoms. The quantitative estimate of drug-likeness (QED) is 0.735. The maximum atomic E-state index is 12.1. The van der Waals surface area contributed by atoms with Crippen molar-refractivity contribution in [2.24, 2.45) is 11.8 Å². The van der Waals surface area contributed by atoms with E-state index in [-0.39, 0.29) is 5.92 Å². The first-order chi connectivity index (χ1) is 9.11. The number of ketones is 1. The van der Waals surface area contributed by atoms with Gasteiger partial charge in [-0.3, -0.25) is 4.79 Å². The first-order valence-corrected chi connectivity index (χ1v) is 7.83. The zero-order valence-corrected chi connectivity index (χ0v) is 12.8. The lowest BCUT2D eigenvalue weighted by molar-refractivity contribution is -0.125. The van der Waals surface area contributed by atoms with Crippen LogP contribution in [-0.4, -0.2) is 5.78 Å². The third-order valence-electron chi connectivity index (χ3n) is 4.07. The summed E-state index contributed by atoms with van der Waals surface area (Å²) in [6.07, 6.45) is 5.96. The summed E-state index contributed by atoms with van der Waals surface area (Å²) in [4.78, 5) is 12.1. The summed E-state index contributed by atoms with van der Waals surface area (Å²) in [6.45, 7) is 2.21. The summed E-state index contributed by atoms with van der Waals surface area (Å²) in [5.74, 6) is 1.22. The molecule has 2 rings (SSSR count). The van der Waals surface area contributed by atoms with Crippen LogP contribution in [0.5, 0.6) is 0 Å². The smallest absolute Gasteiger partial charge is 0.136 e. The molecule has 0 amide bonds. The van der Waals surface area contributed by atoms with E-state index in [0.29, 0.717) is 21.7 Å². The Bertz CT molecular complexity index is 456. The van der Waals surface area contributed by atoms with E-state index in [9.17, 15) is 4.79 Å². The molecule has 1 fully saturated rings. The highest BCUT2D eigenvalue weighted by Crippen LogP contribution is 2.34. The molecule has 104 valence electrons. The fourth-order valence-corrected chi connectivity index (χ4v) is 3.44. The van der Waals surface area contributed by atoms with Crippen LogP contribution in [-0.2, 0) is 11.2 Å². The van der Waals surface area contributed by atoms with Crippen molar-refractivity contribution >= 4 is 29.0 Å². The molecule has 2 atom stereocenters. The molecule has 0 N–H and O–H groups in total. The van der Waals surface area contributed by atoms with Crippen molar-refractivity contribution in [2.75, 3.05) is 0 Å². The van der Waals surface area contributed by atoms with Gasteiger partial charge in [-0.05, 0) is 36.8 Å². The molecule has 1 aliphatic carbocycles. The van der Waals surface area contributed by atoms with Crippen molar-refractivity contribution in [2.45, 2.75) is 45.4 Å². The number of rotatable bonds is 4. The number of carbonyl (C=O) groups is 1. The van der Waals surface area contributed by atoms with E-state index >= 15 is 0 Å². The van der Waals surface area contributed by atoms with Crippen LogP contribution in [0.4, 0.5) is 0 Å². The van der Waals surface area contributed by atoms with Gasteiger partial charge in [0.05, 0.1) is 10.0 Å². The van der Waals surface area contributed by atoms with Gasteiger partial charge in [-0.2, -0.15) is 0 Å². The Labute approximate surface area is 125 Å². The largest absolute Gasteiger partial charge is 0.299 e. The zero-order valence-electron chi connectivity index (χ0n) is 11.3. The first kappa shape index (κ1) is 14.9. The third-order valence-corrected chi connectivity index (χ3v) is 4.93. The van der Waals surface area contributed by atoms with Gasteiger partial charge in [-0.1, -0.05) is 55.1 Å². The Hall–Kier alpha value is -0.530. The van der Waals surface area contributed by atoms with Gasteiger partial charge in [0.15, 0.2) is 0 Å². The average Bonchev–Trinajstić information content (AvgIpc) is 2.39. The van der Waals surface area contributed by atoms with E-state index in [2.05, 4.69) is 6.92 Å². The Morgan fingerprint density at radius 3 is 2.84 bits per heavy atom. The van der Waals surface area contributed by atoms with Gasteiger partial charge in [-0.25, -0.2) is 0 Å². The molecule has 1 aromatic rings. The summed E-state index contributed by atoms with van der Waals surface area (Å²) in [7, 11) is 0. The minimum absolute atomic E-state index is 0.126. The van der Waals surface area contributed by atoms with Crippen LogP contribution >= 0.6 is 23.2 Å². The molecule has 0 aromatic heterocycles. The molecule has 19 heavy (non-hydrogen) atoms. The van der Waals surface area contributed by atoms with Crippen molar-refractivity contribution in [1.29, 1.82) is 0 Å². The maximum absolute atomic E-state index is 12.1. The minimum atomic E-state index is 0.126. The number of carbonyl (C=O) groups excluding carboxylic acids is 1. The molecule has 0 heterocycles. The second kappa shape index (κ2) is 6.76. The van der Waals surface area contributed by atoms with Crippen LogP contribution < -0.4 is 0 Å². The molecule has 1 aliphatic rings. The Balaban J connectivity index is 2.08. The topological polar surface area (TPSA) is 17.1 Å². The highest BCUT2D eigenvalue weighted by Gasteiger charge is 2.28. The van der Waals surface area contributed by atoms with Crippen molar-refractivity contribution in [3.05, 3.63) is 33.8 Å². The molecular formula is C16H20Cl2O. The number of Topliss-reactive ketones (excluding diaryl/α,β-unsaturated/α-hetero) is 1. The predicted octanol–water partition coefficient (Wildman–Crippen LogP) is 5.32. The molecule has 2 unspecified atom stereocenters. The van der Waals surface area contributed by atoms with Crippen molar-refractivity contribution in [3.8, 4) is 0 Å². The molecule has 0 spiro atoms. The fourth-order valence-electron chi connectivity index (χ4n) is 3.04.